The van der Waals surface area contributed by atoms with E-state index in [1.807, 2.05) is 19.1 Å². The van der Waals surface area contributed by atoms with Crippen LogP contribution in [0, 0.1) is 0 Å². The van der Waals surface area contributed by atoms with E-state index in [0.717, 1.165) is 11.5 Å². The molecule has 0 amide bonds. The topological polar surface area (TPSA) is 18.5 Å². The molecule has 14 heavy (non-hydrogen) atoms. The fourth-order valence-corrected chi connectivity index (χ4v) is 1.42. The molecule has 0 aliphatic heterocycles. The fraction of sp³-hybridized carbons (Fsp3) is 0.500. The molecule has 1 aromatic carbocycles. The summed E-state index contributed by atoms with van der Waals surface area (Å²) in [6.07, 6.45) is 0. The molecule has 1 rings (SSSR count). The number of methoxy groups -OCH3 is 1. The molecule has 0 atom stereocenters. The number of hydrogen-bond donors (Lipinski definition) is 0. The molecule has 0 bridgehead atoms. The lowest BCUT2D eigenvalue weighted by Crippen LogP contribution is -1.97. The van der Waals surface area contributed by atoms with E-state index < -0.39 is 0 Å². The Hall–Kier alpha value is -1.18. The van der Waals surface area contributed by atoms with Gasteiger partial charge in [-0.2, -0.15) is 0 Å². The van der Waals surface area contributed by atoms with Gasteiger partial charge in [-0.05, 0) is 24.5 Å². The minimum atomic E-state index is 0.473. The first kappa shape index (κ1) is 10.9. The number of benzene rings is 1. The third kappa shape index (κ3) is 2.41. The maximum absolute atomic E-state index is 5.40. The average molecular weight is 194 g/mol. The third-order valence-corrected chi connectivity index (χ3v) is 2.14. The zero-order chi connectivity index (χ0) is 10.6. The summed E-state index contributed by atoms with van der Waals surface area (Å²) in [6.45, 7) is 6.96. The molecule has 0 unspecified atom stereocenters. The van der Waals surface area contributed by atoms with E-state index in [1.165, 1.54) is 5.56 Å². The van der Waals surface area contributed by atoms with Crippen LogP contribution in [0.3, 0.4) is 0 Å². The maximum atomic E-state index is 5.40. The Balaban J connectivity index is 2.99. The van der Waals surface area contributed by atoms with Gasteiger partial charge in [-0.25, -0.2) is 0 Å². The summed E-state index contributed by atoms with van der Waals surface area (Å²) >= 11 is 0. The van der Waals surface area contributed by atoms with Gasteiger partial charge in [0.1, 0.15) is 11.5 Å². The van der Waals surface area contributed by atoms with Crippen molar-refractivity contribution in [3.05, 3.63) is 23.8 Å². The van der Waals surface area contributed by atoms with Crippen LogP contribution in [-0.4, -0.2) is 13.7 Å². The van der Waals surface area contributed by atoms with Gasteiger partial charge in [0.25, 0.3) is 0 Å². The smallest absolute Gasteiger partial charge is 0.126 e. The molecule has 0 heterocycles. The Labute approximate surface area is 85.8 Å². The van der Waals surface area contributed by atoms with Crippen LogP contribution in [0.4, 0.5) is 0 Å². The van der Waals surface area contributed by atoms with Crippen LogP contribution in [0.5, 0.6) is 11.5 Å². The molecule has 78 valence electrons. The van der Waals surface area contributed by atoms with Gasteiger partial charge in [0.15, 0.2) is 0 Å². The Morgan fingerprint density at radius 3 is 2.50 bits per heavy atom. The first-order valence-electron chi connectivity index (χ1n) is 4.99. The van der Waals surface area contributed by atoms with E-state index in [1.54, 1.807) is 7.11 Å². The third-order valence-electron chi connectivity index (χ3n) is 2.14. The van der Waals surface area contributed by atoms with Crippen LogP contribution in [0.15, 0.2) is 18.2 Å². The second kappa shape index (κ2) is 4.89. The minimum Gasteiger partial charge on any atom is -0.496 e. The average Bonchev–Trinajstić information content (AvgIpc) is 2.17. The highest BCUT2D eigenvalue weighted by Gasteiger charge is 2.07. The van der Waals surface area contributed by atoms with Crippen LogP contribution >= 0.6 is 0 Å². The SMILES string of the molecule is CCOc1ccc(C(C)C)c(OC)c1. The molecule has 2 heteroatoms. The highest BCUT2D eigenvalue weighted by molar-refractivity contribution is 5.42. The van der Waals surface area contributed by atoms with E-state index >= 15 is 0 Å². The molecule has 0 fully saturated rings. The van der Waals surface area contributed by atoms with Crippen LogP contribution in [0.1, 0.15) is 32.3 Å². The number of hydrogen-bond acceptors (Lipinski definition) is 2. The van der Waals surface area contributed by atoms with Crippen molar-refractivity contribution in [1.82, 2.24) is 0 Å². The van der Waals surface area contributed by atoms with Crippen molar-refractivity contribution in [2.75, 3.05) is 13.7 Å². The first-order valence-corrected chi connectivity index (χ1v) is 4.99. The van der Waals surface area contributed by atoms with Crippen molar-refractivity contribution in [3.63, 3.8) is 0 Å². The van der Waals surface area contributed by atoms with E-state index in [-0.39, 0.29) is 0 Å². The largest absolute Gasteiger partial charge is 0.496 e. The van der Waals surface area contributed by atoms with Crippen molar-refractivity contribution in [2.24, 2.45) is 0 Å². The van der Waals surface area contributed by atoms with Crippen molar-refractivity contribution in [1.29, 1.82) is 0 Å². The van der Waals surface area contributed by atoms with Gasteiger partial charge < -0.3 is 9.47 Å². The van der Waals surface area contributed by atoms with Crippen LogP contribution in [-0.2, 0) is 0 Å². The predicted octanol–water partition coefficient (Wildman–Crippen LogP) is 3.22. The van der Waals surface area contributed by atoms with Gasteiger partial charge in [0.2, 0.25) is 0 Å². The maximum Gasteiger partial charge on any atom is 0.126 e. The summed E-state index contributed by atoms with van der Waals surface area (Å²) in [5.74, 6) is 2.25. The lowest BCUT2D eigenvalue weighted by atomic mass is 10.0. The Morgan fingerprint density at radius 1 is 1.29 bits per heavy atom. The molecule has 1 aromatic rings. The summed E-state index contributed by atoms with van der Waals surface area (Å²) in [5, 5.41) is 0. The van der Waals surface area contributed by atoms with Crippen molar-refractivity contribution >= 4 is 0 Å². The zero-order valence-electron chi connectivity index (χ0n) is 9.33. The fourth-order valence-electron chi connectivity index (χ4n) is 1.42. The second-order valence-corrected chi connectivity index (χ2v) is 3.49. The van der Waals surface area contributed by atoms with E-state index in [9.17, 15) is 0 Å². The normalized spacial score (nSPS) is 10.4. The van der Waals surface area contributed by atoms with Crippen molar-refractivity contribution in [2.45, 2.75) is 26.7 Å². The Kier molecular flexibility index (Phi) is 3.81. The van der Waals surface area contributed by atoms with E-state index in [2.05, 4.69) is 19.9 Å². The van der Waals surface area contributed by atoms with Crippen LogP contribution in [0.25, 0.3) is 0 Å². The van der Waals surface area contributed by atoms with E-state index in [4.69, 9.17) is 9.47 Å². The summed E-state index contributed by atoms with van der Waals surface area (Å²) in [4.78, 5) is 0. The number of ether oxygens (including phenoxy) is 2. The molecule has 0 spiro atoms. The Morgan fingerprint density at radius 2 is 2.00 bits per heavy atom. The lowest BCUT2D eigenvalue weighted by molar-refractivity contribution is 0.335. The lowest BCUT2D eigenvalue weighted by Gasteiger charge is -2.13. The monoisotopic (exact) mass is 194 g/mol. The molecule has 0 aliphatic carbocycles. The molecule has 0 radical (unpaired) electrons. The van der Waals surface area contributed by atoms with Gasteiger partial charge in [-0.15, -0.1) is 0 Å². The van der Waals surface area contributed by atoms with Crippen molar-refractivity contribution in [3.8, 4) is 11.5 Å². The Bertz CT molecular complexity index is 292. The molecule has 0 aliphatic rings. The highest BCUT2D eigenvalue weighted by atomic mass is 16.5. The van der Waals surface area contributed by atoms with Gasteiger partial charge in [0, 0.05) is 6.07 Å². The van der Waals surface area contributed by atoms with Crippen LogP contribution in [0.2, 0.25) is 0 Å². The molecule has 0 saturated heterocycles. The molecule has 0 aromatic heterocycles. The highest BCUT2D eigenvalue weighted by Crippen LogP contribution is 2.30. The zero-order valence-corrected chi connectivity index (χ0v) is 9.33. The van der Waals surface area contributed by atoms with Crippen molar-refractivity contribution < 1.29 is 9.47 Å². The molecular formula is C12H18O2. The van der Waals surface area contributed by atoms with Gasteiger partial charge in [-0.3, -0.25) is 0 Å². The van der Waals surface area contributed by atoms with Crippen LogP contribution < -0.4 is 9.47 Å². The van der Waals surface area contributed by atoms with Gasteiger partial charge >= 0.3 is 0 Å². The van der Waals surface area contributed by atoms with E-state index in [0.29, 0.717) is 12.5 Å². The molecule has 0 N–H and O–H groups in total. The standard InChI is InChI=1S/C12H18O2/c1-5-14-10-6-7-11(9(2)3)12(8-10)13-4/h6-9H,5H2,1-4H3. The molecular weight excluding hydrogens is 176 g/mol. The first-order chi connectivity index (χ1) is 6.69. The van der Waals surface area contributed by atoms with Gasteiger partial charge in [-0.1, -0.05) is 19.9 Å². The molecule has 2 nitrogen and oxygen atoms in total. The summed E-state index contributed by atoms with van der Waals surface area (Å²) in [5.41, 5.74) is 1.22. The second-order valence-electron chi connectivity index (χ2n) is 3.49. The van der Waals surface area contributed by atoms with Gasteiger partial charge in [0.05, 0.1) is 13.7 Å². The quantitative estimate of drug-likeness (QED) is 0.732. The summed E-state index contributed by atoms with van der Waals surface area (Å²) in [7, 11) is 1.69. The molecule has 0 saturated carbocycles. The number of rotatable bonds is 4. The predicted molar refractivity (Wildman–Crippen MR) is 58.3 cm³/mol. The summed E-state index contributed by atoms with van der Waals surface area (Å²) < 4.78 is 10.7. The minimum absolute atomic E-state index is 0.473. The summed E-state index contributed by atoms with van der Waals surface area (Å²) in [6, 6.07) is 5.99.